The Labute approximate surface area is 215 Å². The number of carbonyl (C=O) groups is 1. The zero-order chi connectivity index (χ0) is 25.1. The Balaban J connectivity index is 1.22. The fraction of sp³-hybridized carbons (Fsp3) is 0.385. The third-order valence-corrected chi connectivity index (χ3v) is 9.67. The van der Waals surface area contributed by atoms with Crippen molar-refractivity contribution in [1.82, 2.24) is 14.2 Å². The van der Waals surface area contributed by atoms with E-state index in [0.717, 1.165) is 42.4 Å². The van der Waals surface area contributed by atoms with E-state index in [-0.39, 0.29) is 23.9 Å². The van der Waals surface area contributed by atoms with Crippen LogP contribution in [0.25, 0.3) is 10.8 Å². The number of aromatic nitrogens is 1. The van der Waals surface area contributed by atoms with Crippen molar-refractivity contribution in [2.24, 2.45) is 0 Å². The van der Waals surface area contributed by atoms with Gasteiger partial charge >= 0.3 is 0 Å². The maximum atomic E-state index is 13.6. The lowest BCUT2D eigenvalue weighted by atomic mass is 9.91. The molecule has 2 aromatic carbocycles. The van der Waals surface area contributed by atoms with E-state index in [9.17, 15) is 13.2 Å². The molecule has 3 fully saturated rings. The van der Waals surface area contributed by atoms with Crippen molar-refractivity contribution in [3.05, 3.63) is 65.9 Å². The van der Waals surface area contributed by atoms with Crippen LogP contribution in [0.4, 0.5) is 5.69 Å². The highest BCUT2D eigenvalue weighted by Crippen LogP contribution is 2.44. The van der Waals surface area contributed by atoms with Crippen LogP contribution in [-0.4, -0.2) is 72.6 Å². The predicted molar refractivity (Wildman–Crippen MR) is 137 cm³/mol. The smallest absolute Gasteiger partial charge is 0.243 e. The van der Waals surface area contributed by atoms with Crippen LogP contribution in [0.3, 0.4) is 0 Å². The lowest BCUT2D eigenvalue weighted by Gasteiger charge is -2.43. The molecule has 10 heteroatoms. The summed E-state index contributed by atoms with van der Waals surface area (Å²) in [7, 11) is -3.90. The molecule has 1 unspecified atom stereocenters. The van der Waals surface area contributed by atoms with E-state index >= 15 is 0 Å². The van der Waals surface area contributed by atoms with Gasteiger partial charge in [-0.2, -0.15) is 4.31 Å². The molecule has 0 aliphatic carbocycles. The van der Waals surface area contributed by atoms with E-state index < -0.39 is 21.3 Å². The summed E-state index contributed by atoms with van der Waals surface area (Å²) in [6, 6.07) is 14.2. The van der Waals surface area contributed by atoms with Crippen molar-refractivity contribution in [2.75, 3.05) is 37.6 Å². The molecule has 0 bridgehead atoms. The molecule has 1 aromatic heterocycles. The molecule has 0 N–H and O–H groups in total. The van der Waals surface area contributed by atoms with Gasteiger partial charge in [0.2, 0.25) is 15.9 Å². The second kappa shape index (κ2) is 8.41. The first-order valence-corrected chi connectivity index (χ1v) is 13.8. The van der Waals surface area contributed by atoms with E-state index in [1.54, 1.807) is 53.7 Å². The minimum atomic E-state index is -3.90. The number of sulfonamides is 1. The first-order chi connectivity index (χ1) is 17.2. The van der Waals surface area contributed by atoms with Gasteiger partial charge in [-0.3, -0.25) is 9.78 Å². The Morgan fingerprint density at radius 3 is 2.42 bits per heavy atom. The summed E-state index contributed by atoms with van der Waals surface area (Å²) < 4.78 is 35.1. The van der Waals surface area contributed by atoms with Crippen LogP contribution in [0, 0.1) is 0 Å². The Morgan fingerprint density at radius 2 is 1.67 bits per heavy atom. The number of amides is 1. The molecule has 36 heavy (non-hydrogen) atoms. The molecule has 0 radical (unpaired) electrons. The number of piperidine rings is 1. The van der Waals surface area contributed by atoms with Crippen LogP contribution in [-0.2, 0) is 19.6 Å². The van der Waals surface area contributed by atoms with Crippen molar-refractivity contribution in [3.63, 3.8) is 0 Å². The number of benzene rings is 2. The minimum absolute atomic E-state index is 0.0928. The molecule has 0 saturated carbocycles. The van der Waals surface area contributed by atoms with Gasteiger partial charge < -0.3 is 14.5 Å². The van der Waals surface area contributed by atoms with Gasteiger partial charge in [-0.05, 0) is 66.9 Å². The maximum absolute atomic E-state index is 13.6. The van der Waals surface area contributed by atoms with Gasteiger partial charge in [-0.15, -0.1) is 0 Å². The number of hydrogen-bond acceptors (Lipinski definition) is 6. The molecule has 3 saturated heterocycles. The minimum Gasteiger partial charge on any atom is -0.371 e. The number of rotatable bonds is 3. The van der Waals surface area contributed by atoms with Crippen LogP contribution in [0.15, 0.2) is 65.8 Å². The molecule has 3 aromatic rings. The molecule has 3 aliphatic rings. The summed E-state index contributed by atoms with van der Waals surface area (Å²) in [5.74, 6) is -0.228. The van der Waals surface area contributed by atoms with Gasteiger partial charge in [0, 0.05) is 36.2 Å². The number of anilines is 1. The average Bonchev–Trinajstić information content (AvgIpc) is 3.16. The molecule has 1 amide bonds. The summed E-state index contributed by atoms with van der Waals surface area (Å²) in [5, 5.41) is 2.22. The summed E-state index contributed by atoms with van der Waals surface area (Å²) >= 11 is 6.07. The Kier molecular flexibility index (Phi) is 5.53. The summed E-state index contributed by atoms with van der Waals surface area (Å²) in [5.41, 5.74) is -0.366. The van der Waals surface area contributed by atoms with Crippen molar-refractivity contribution in [3.8, 4) is 0 Å². The lowest BCUT2D eigenvalue weighted by Crippen LogP contribution is -2.62. The van der Waals surface area contributed by atoms with Gasteiger partial charge in [0.15, 0.2) is 5.72 Å². The average molecular weight is 527 g/mol. The monoisotopic (exact) mass is 526 g/mol. The van der Waals surface area contributed by atoms with Crippen LogP contribution < -0.4 is 4.90 Å². The number of halogens is 1. The predicted octanol–water partition coefficient (Wildman–Crippen LogP) is 3.51. The van der Waals surface area contributed by atoms with Crippen LogP contribution in [0.1, 0.15) is 19.8 Å². The zero-order valence-electron chi connectivity index (χ0n) is 19.9. The van der Waals surface area contributed by atoms with E-state index in [1.807, 2.05) is 19.1 Å². The number of piperazine rings is 1. The molecule has 3 aliphatic heterocycles. The van der Waals surface area contributed by atoms with E-state index in [2.05, 4.69) is 9.88 Å². The third-order valence-electron chi connectivity index (χ3n) is 7.65. The normalized spacial score (nSPS) is 24.4. The fourth-order valence-electron chi connectivity index (χ4n) is 5.76. The van der Waals surface area contributed by atoms with Crippen LogP contribution in [0.2, 0.25) is 5.02 Å². The number of carbonyl (C=O) groups excluding carboxylic acids is 1. The number of fused-ring (bicyclic) bond motifs is 2. The van der Waals surface area contributed by atoms with Crippen molar-refractivity contribution >= 4 is 44.0 Å². The van der Waals surface area contributed by atoms with Gasteiger partial charge in [0.1, 0.15) is 0 Å². The van der Waals surface area contributed by atoms with E-state index in [0.29, 0.717) is 11.6 Å². The standard InChI is InChI=1S/C26H27ClN4O4S/c1-25-17-30(36(33,34)23-5-3-19-14-21(27)4-2-20(19)15-23)16-24(32)31(25)18-26(35-25)8-12-29(13-9-26)22-6-10-28-11-7-22/h2-7,10-11,14-15H,8-9,12-13,16-18H2,1H3. The molecule has 8 nitrogen and oxygen atoms in total. The zero-order valence-corrected chi connectivity index (χ0v) is 21.5. The number of pyridine rings is 1. The molecule has 1 spiro atoms. The third kappa shape index (κ3) is 3.94. The van der Waals surface area contributed by atoms with Crippen LogP contribution >= 0.6 is 11.6 Å². The van der Waals surface area contributed by atoms with Crippen molar-refractivity contribution < 1.29 is 17.9 Å². The number of hydrogen-bond donors (Lipinski definition) is 0. The summed E-state index contributed by atoms with van der Waals surface area (Å²) in [6.45, 7) is 3.81. The molecule has 188 valence electrons. The first-order valence-electron chi connectivity index (χ1n) is 12.0. The van der Waals surface area contributed by atoms with E-state index in [4.69, 9.17) is 16.3 Å². The molecular weight excluding hydrogens is 500 g/mol. The first kappa shape index (κ1) is 23.7. The van der Waals surface area contributed by atoms with Gasteiger partial charge in [0.25, 0.3) is 0 Å². The van der Waals surface area contributed by atoms with Crippen molar-refractivity contribution in [2.45, 2.75) is 36.0 Å². The number of nitrogens with zero attached hydrogens (tertiary/aromatic N) is 4. The van der Waals surface area contributed by atoms with Gasteiger partial charge in [-0.1, -0.05) is 23.7 Å². The highest BCUT2D eigenvalue weighted by Gasteiger charge is 2.58. The highest BCUT2D eigenvalue weighted by molar-refractivity contribution is 7.89. The van der Waals surface area contributed by atoms with Gasteiger partial charge in [0.05, 0.1) is 30.1 Å². The second-order valence-corrected chi connectivity index (χ2v) is 12.4. The maximum Gasteiger partial charge on any atom is 0.243 e. The summed E-state index contributed by atoms with van der Waals surface area (Å²) in [6.07, 6.45) is 5.08. The Morgan fingerprint density at radius 1 is 0.972 bits per heavy atom. The topological polar surface area (TPSA) is 83.1 Å². The van der Waals surface area contributed by atoms with Gasteiger partial charge in [-0.25, -0.2) is 8.42 Å². The van der Waals surface area contributed by atoms with Crippen LogP contribution in [0.5, 0.6) is 0 Å². The largest absolute Gasteiger partial charge is 0.371 e. The molecular formula is C26H27ClN4O4S. The molecule has 1 atom stereocenters. The van der Waals surface area contributed by atoms with Crippen molar-refractivity contribution in [1.29, 1.82) is 0 Å². The second-order valence-electron chi connectivity index (χ2n) is 10.1. The summed E-state index contributed by atoms with van der Waals surface area (Å²) in [4.78, 5) is 21.5. The quantitative estimate of drug-likeness (QED) is 0.519. The van der Waals surface area contributed by atoms with E-state index in [1.165, 1.54) is 4.31 Å². The molecule has 6 rings (SSSR count). The SMILES string of the molecule is CC12CN(S(=O)(=O)c3ccc4cc(Cl)ccc4c3)CC(=O)N1CC1(CCN(c3ccncc3)CC1)O2. The Hall–Kier alpha value is -2.72. The Bertz CT molecular complexity index is 1440. The molecule has 4 heterocycles. The lowest BCUT2D eigenvalue weighted by molar-refractivity contribution is -0.171. The fourth-order valence-corrected chi connectivity index (χ4v) is 7.44. The number of ether oxygens (including phenoxy) is 1. The highest BCUT2D eigenvalue weighted by atomic mass is 35.5.